The number of aromatic carboxylic acids is 1. The summed E-state index contributed by atoms with van der Waals surface area (Å²) in [5.74, 6) is -0.889. The van der Waals surface area contributed by atoms with Gasteiger partial charge in [0.25, 0.3) is 0 Å². The zero-order valence-corrected chi connectivity index (χ0v) is 13.4. The van der Waals surface area contributed by atoms with Gasteiger partial charge in [0.15, 0.2) is 0 Å². The van der Waals surface area contributed by atoms with E-state index in [0.29, 0.717) is 5.56 Å². The minimum Gasteiger partial charge on any atom is -0.478 e. The molecule has 0 atom stereocenters. The standard InChI is InChI=1S/C19H23NO2/c1-14-5-4-6-17(11-14)19(2,3)13-20-12-15-7-9-16(10-8-15)18(21)22/h4-11,20H,12-13H2,1-3H3,(H,21,22). The lowest BCUT2D eigenvalue weighted by Gasteiger charge is -2.26. The van der Waals surface area contributed by atoms with Gasteiger partial charge in [-0.2, -0.15) is 0 Å². The van der Waals surface area contributed by atoms with Crippen LogP contribution in [-0.4, -0.2) is 17.6 Å². The summed E-state index contributed by atoms with van der Waals surface area (Å²) in [6, 6.07) is 15.6. The molecule has 3 nitrogen and oxygen atoms in total. The number of carboxylic acids is 1. The van der Waals surface area contributed by atoms with Crippen LogP contribution in [0.3, 0.4) is 0 Å². The summed E-state index contributed by atoms with van der Waals surface area (Å²) in [6.07, 6.45) is 0. The van der Waals surface area contributed by atoms with Gasteiger partial charge in [0.2, 0.25) is 0 Å². The van der Waals surface area contributed by atoms with E-state index in [1.807, 2.05) is 12.1 Å². The molecule has 0 heterocycles. The fourth-order valence-electron chi connectivity index (χ4n) is 2.45. The molecule has 116 valence electrons. The fourth-order valence-corrected chi connectivity index (χ4v) is 2.45. The van der Waals surface area contributed by atoms with E-state index < -0.39 is 5.97 Å². The average molecular weight is 297 g/mol. The monoisotopic (exact) mass is 297 g/mol. The molecular weight excluding hydrogens is 274 g/mol. The Bertz CT molecular complexity index is 645. The Morgan fingerprint density at radius 3 is 2.41 bits per heavy atom. The summed E-state index contributed by atoms with van der Waals surface area (Å²) in [5, 5.41) is 12.4. The zero-order valence-electron chi connectivity index (χ0n) is 13.4. The van der Waals surface area contributed by atoms with Gasteiger partial charge in [-0.05, 0) is 30.2 Å². The van der Waals surface area contributed by atoms with E-state index in [9.17, 15) is 4.79 Å². The molecule has 2 rings (SSSR count). The van der Waals surface area contributed by atoms with Gasteiger partial charge >= 0.3 is 5.97 Å². The van der Waals surface area contributed by atoms with Crippen molar-refractivity contribution in [1.29, 1.82) is 0 Å². The van der Waals surface area contributed by atoms with E-state index in [2.05, 4.69) is 50.4 Å². The van der Waals surface area contributed by atoms with Crippen molar-refractivity contribution in [3.8, 4) is 0 Å². The third-order valence-electron chi connectivity index (χ3n) is 3.90. The maximum Gasteiger partial charge on any atom is 0.335 e. The molecule has 0 aromatic heterocycles. The second-order valence-electron chi connectivity index (χ2n) is 6.36. The first kappa shape index (κ1) is 16.2. The van der Waals surface area contributed by atoms with Crippen LogP contribution in [0.1, 0.15) is 40.9 Å². The van der Waals surface area contributed by atoms with Gasteiger partial charge in [-0.15, -0.1) is 0 Å². The van der Waals surface area contributed by atoms with Crippen molar-refractivity contribution in [2.75, 3.05) is 6.54 Å². The molecular formula is C19H23NO2. The summed E-state index contributed by atoms with van der Waals surface area (Å²) >= 11 is 0. The van der Waals surface area contributed by atoms with Crippen molar-refractivity contribution >= 4 is 5.97 Å². The molecule has 0 unspecified atom stereocenters. The zero-order chi connectivity index (χ0) is 16.2. The number of carboxylic acid groups (broad SMARTS) is 1. The molecule has 2 aromatic rings. The summed E-state index contributed by atoms with van der Waals surface area (Å²) in [5.41, 5.74) is 4.05. The van der Waals surface area contributed by atoms with Crippen LogP contribution in [0.2, 0.25) is 0 Å². The molecule has 0 saturated carbocycles. The lowest BCUT2D eigenvalue weighted by Crippen LogP contribution is -2.32. The summed E-state index contributed by atoms with van der Waals surface area (Å²) in [6.45, 7) is 8.15. The topological polar surface area (TPSA) is 49.3 Å². The molecule has 0 fully saturated rings. The Hall–Kier alpha value is -2.13. The highest BCUT2D eigenvalue weighted by atomic mass is 16.4. The molecule has 0 radical (unpaired) electrons. The number of benzene rings is 2. The first-order chi connectivity index (χ1) is 10.4. The molecule has 2 aromatic carbocycles. The van der Waals surface area contributed by atoms with Crippen molar-refractivity contribution in [2.45, 2.75) is 32.7 Å². The number of rotatable bonds is 6. The highest BCUT2D eigenvalue weighted by Crippen LogP contribution is 2.23. The van der Waals surface area contributed by atoms with Crippen LogP contribution in [0, 0.1) is 6.92 Å². The van der Waals surface area contributed by atoms with Crippen LogP contribution in [-0.2, 0) is 12.0 Å². The van der Waals surface area contributed by atoms with Crippen molar-refractivity contribution in [2.24, 2.45) is 0 Å². The predicted molar refractivity (Wildman–Crippen MR) is 89.3 cm³/mol. The molecule has 0 spiro atoms. The Balaban J connectivity index is 1.93. The molecule has 22 heavy (non-hydrogen) atoms. The van der Waals surface area contributed by atoms with Crippen molar-refractivity contribution in [3.63, 3.8) is 0 Å². The van der Waals surface area contributed by atoms with E-state index in [0.717, 1.165) is 18.7 Å². The van der Waals surface area contributed by atoms with Crippen LogP contribution in [0.4, 0.5) is 0 Å². The first-order valence-corrected chi connectivity index (χ1v) is 7.48. The number of nitrogens with one attached hydrogen (secondary N) is 1. The Morgan fingerprint density at radius 1 is 1.14 bits per heavy atom. The van der Waals surface area contributed by atoms with E-state index in [1.165, 1.54) is 11.1 Å². The lowest BCUT2D eigenvalue weighted by atomic mass is 9.84. The second kappa shape index (κ2) is 6.75. The van der Waals surface area contributed by atoms with Gasteiger partial charge < -0.3 is 10.4 Å². The van der Waals surface area contributed by atoms with Crippen LogP contribution in [0.25, 0.3) is 0 Å². The smallest absolute Gasteiger partial charge is 0.335 e. The van der Waals surface area contributed by atoms with E-state index in [4.69, 9.17) is 5.11 Å². The Morgan fingerprint density at radius 2 is 1.82 bits per heavy atom. The normalized spacial score (nSPS) is 11.4. The number of aryl methyl sites for hydroxylation is 1. The molecule has 0 bridgehead atoms. The maximum atomic E-state index is 10.8. The summed E-state index contributed by atoms with van der Waals surface area (Å²) in [4.78, 5) is 10.8. The molecule has 0 aliphatic heterocycles. The lowest BCUT2D eigenvalue weighted by molar-refractivity contribution is 0.0697. The minimum absolute atomic E-state index is 0.0486. The average Bonchev–Trinajstić information content (AvgIpc) is 2.47. The Labute approximate surface area is 132 Å². The molecule has 0 aliphatic carbocycles. The highest BCUT2D eigenvalue weighted by molar-refractivity contribution is 5.87. The van der Waals surface area contributed by atoms with E-state index >= 15 is 0 Å². The van der Waals surface area contributed by atoms with E-state index in [-0.39, 0.29) is 5.41 Å². The number of hydrogen-bond donors (Lipinski definition) is 2. The minimum atomic E-state index is -0.889. The van der Waals surface area contributed by atoms with Gasteiger partial charge in [-0.1, -0.05) is 55.8 Å². The largest absolute Gasteiger partial charge is 0.478 e. The van der Waals surface area contributed by atoms with Crippen molar-refractivity contribution < 1.29 is 9.90 Å². The van der Waals surface area contributed by atoms with Gasteiger partial charge in [0.1, 0.15) is 0 Å². The third-order valence-corrected chi connectivity index (χ3v) is 3.90. The third kappa shape index (κ3) is 4.18. The fraction of sp³-hybridized carbons (Fsp3) is 0.316. The Kier molecular flexibility index (Phi) is 4.99. The van der Waals surface area contributed by atoms with Crippen LogP contribution < -0.4 is 5.32 Å². The highest BCUT2D eigenvalue weighted by Gasteiger charge is 2.19. The van der Waals surface area contributed by atoms with Gasteiger partial charge in [0.05, 0.1) is 5.56 Å². The van der Waals surface area contributed by atoms with Gasteiger partial charge in [-0.3, -0.25) is 0 Å². The van der Waals surface area contributed by atoms with Crippen molar-refractivity contribution in [3.05, 3.63) is 70.8 Å². The van der Waals surface area contributed by atoms with Gasteiger partial charge in [0, 0.05) is 18.5 Å². The maximum absolute atomic E-state index is 10.8. The van der Waals surface area contributed by atoms with Crippen LogP contribution in [0.15, 0.2) is 48.5 Å². The van der Waals surface area contributed by atoms with Crippen LogP contribution in [0.5, 0.6) is 0 Å². The first-order valence-electron chi connectivity index (χ1n) is 7.48. The second-order valence-corrected chi connectivity index (χ2v) is 6.36. The quantitative estimate of drug-likeness (QED) is 0.853. The molecule has 0 saturated heterocycles. The van der Waals surface area contributed by atoms with Crippen molar-refractivity contribution in [1.82, 2.24) is 5.32 Å². The molecule has 3 heteroatoms. The molecule has 2 N–H and O–H groups in total. The molecule has 0 aliphatic rings. The van der Waals surface area contributed by atoms with E-state index in [1.54, 1.807) is 12.1 Å². The predicted octanol–water partition coefficient (Wildman–Crippen LogP) is 3.76. The van der Waals surface area contributed by atoms with Crippen LogP contribution >= 0.6 is 0 Å². The SMILES string of the molecule is Cc1cccc(C(C)(C)CNCc2ccc(C(=O)O)cc2)c1. The summed E-state index contributed by atoms with van der Waals surface area (Å²) < 4.78 is 0. The summed E-state index contributed by atoms with van der Waals surface area (Å²) in [7, 11) is 0. The van der Waals surface area contributed by atoms with Gasteiger partial charge in [-0.25, -0.2) is 4.79 Å². The molecule has 0 amide bonds. The number of carbonyl (C=O) groups is 1. The number of hydrogen-bond acceptors (Lipinski definition) is 2.